The van der Waals surface area contributed by atoms with Crippen LogP contribution in [0.3, 0.4) is 0 Å². The van der Waals surface area contributed by atoms with E-state index in [-0.39, 0.29) is 16.9 Å². The van der Waals surface area contributed by atoms with Gasteiger partial charge >= 0.3 is 0 Å². The number of aromatic nitrogens is 4. The third-order valence-electron chi connectivity index (χ3n) is 4.56. The molecule has 0 aliphatic heterocycles. The van der Waals surface area contributed by atoms with Gasteiger partial charge in [0.15, 0.2) is 11.4 Å². The maximum Gasteiger partial charge on any atom is 0.251 e. The summed E-state index contributed by atoms with van der Waals surface area (Å²) in [5.41, 5.74) is 2.35. The molecular weight excluding hydrogens is 368 g/mol. The number of para-hydroxylation sites is 2. The van der Waals surface area contributed by atoms with Crippen LogP contribution in [0.2, 0.25) is 0 Å². The highest BCUT2D eigenvalue weighted by atomic mass is 16.5. The summed E-state index contributed by atoms with van der Waals surface area (Å²) >= 11 is 0. The Kier molecular flexibility index (Phi) is 5.11. The molecule has 4 aromatic rings. The minimum Gasteiger partial charge on any atom is -0.496 e. The van der Waals surface area contributed by atoms with Crippen LogP contribution in [0.15, 0.2) is 77.9 Å². The first-order chi connectivity index (χ1) is 14.2. The fraction of sp³-hybridized carbons (Fsp3) is 0.136. The molecule has 2 aromatic heterocycles. The van der Waals surface area contributed by atoms with E-state index in [2.05, 4.69) is 10.2 Å². The Labute approximate surface area is 167 Å². The number of nitrogens with zero attached hydrogens (tertiary/aromatic N) is 4. The average Bonchev–Trinajstić information content (AvgIpc) is 3.25. The third kappa shape index (κ3) is 3.62. The van der Waals surface area contributed by atoms with E-state index in [0.717, 1.165) is 17.0 Å². The summed E-state index contributed by atoms with van der Waals surface area (Å²) in [7, 11) is 3.10. The highest BCUT2D eigenvalue weighted by molar-refractivity contribution is 5.58. The Morgan fingerprint density at radius 3 is 2.38 bits per heavy atom. The molecule has 2 aromatic carbocycles. The highest BCUT2D eigenvalue weighted by Crippen LogP contribution is 2.22. The lowest BCUT2D eigenvalue weighted by atomic mass is 10.2. The van der Waals surface area contributed by atoms with Gasteiger partial charge in [-0.05, 0) is 24.3 Å². The smallest absolute Gasteiger partial charge is 0.251 e. The predicted octanol–water partition coefficient (Wildman–Crippen LogP) is 3.16. The van der Waals surface area contributed by atoms with Crippen molar-refractivity contribution >= 4 is 0 Å². The third-order valence-corrected chi connectivity index (χ3v) is 4.56. The van der Waals surface area contributed by atoms with Crippen LogP contribution in [0.5, 0.6) is 11.5 Å². The topological polar surface area (TPSA) is 71.2 Å². The van der Waals surface area contributed by atoms with E-state index in [1.54, 1.807) is 34.9 Å². The molecule has 0 bridgehead atoms. The van der Waals surface area contributed by atoms with Crippen molar-refractivity contribution in [2.45, 2.75) is 6.54 Å². The van der Waals surface area contributed by atoms with E-state index >= 15 is 0 Å². The van der Waals surface area contributed by atoms with Crippen molar-refractivity contribution < 1.29 is 9.47 Å². The number of ether oxygens (including phenoxy) is 2. The zero-order valence-electron chi connectivity index (χ0n) is 16.1. The van der Waals surface area contributed by atoms with Gasteiger partial charge in [0.05, 0.1) is 44.5 Å². The summed E-state index contributed by atoms with van der Waals surface area (Å²) in [4.78, 5) is 12.9. The molecule has 0 amide bonds. The van der Waals surface area contributed by atoms with Crippen LogP contribution in [-0.4, -0.2) is 33.8 Å². The maximum absolute atomic E-state index is 12.9. The molecule has 29 heavy (non-hydrogen) atoms. The Hall–Kier alpha value is -3.87. The highest BCUT2D eigenvalue weighted by Gasteiger charge is 2.17. The SMILES string of the molecule is COc1ccccc1Cn1cc(OC)c(=O)c(-c2ccnn2-c2ccccc2)n1. The zero-order chi connectivity index (χ0) is 20.2. The van der Waals surface area contributed by atoms with Crippen LogP contribution >= 0.6 is 0 Å². The van der Waals surface area contributed by atoms with Crippen molar-refractivity contribution in [1.29, 1.82) is 0 Å². The van der Waals surface area contributed by atoms with Gasteiger partial charge in [-0.2, -0.15) is 10.2 Å². The van der Waals surface area contributed by atoms with Gasteiger partial charge in [0, 0.05) is 5.56 Å². The maximum atomic E-state index is 12.9. The quantitative estimate of drug-likeness (QED) is 0.507. The summed E-state index contributed by atoms with van der Waals surface area (Å²) in [6.45, 7) is 0.424. The molecule has 0 saturated carbocycles. The summed E-state index contributed by atoms with van der Waals surface area (Å²) in [6, 6.07) is 19.1. The minimum atomic E-state index is -0.290. The normalized spacial score (nSPS) is 10.7. The molecule has 7 heteroatoms. The summed E-state index contributed by atoms with van der Waals surface area (Å²) < 4.78 is 14.1. The standard InChI is InChI=1S/C22H20N4O3/c1-28-19-11-7-6-8-16(19)14-25-15-20(29-2)22(27)21(24-25)18-12-13-23-26(18)17-9-4-3-5-10-17/h3-13,15H,14H2,1-2H3. The van der Waals surface area contributed by atoms with E-state index < -0.39 is 0 Å². The molecule has 7 nitrogen and oxygen atoms in total. The molecule has 4 rings (SSSR count). The van der Waals surface area contributed by atoms with Crippen LogP contribution in [0.1, 0.15) is 5.56 Å². The van der Waals surface area contributed by atoms with E-state index in [1.165, 1.54) is 7.11 Å². The lowest BCUT2D eigenvalue weighted by molar-refractivity contribution is 0.397. The van der Waals surface area contributed by atoms with Gasteiger partial charge in [-0.15, -0.1) is 0 Å². The van der Waals surface area contributed by atoms with Gasteiger partial charge in [0.2, 0.25) is 0 Å². The van der Waals surface area contributed by atoms with E-state index in [0.29, 0.717) is 12.2 Å². The lowest BCUT2D eigenvalue weighted by Crippen LogP contribution is -2.19. The molecule has 2 heterocycles. The number of methoxy groups -OCH3 is 2. The predicted molar refractivity (Wildman–Crippen MR) is 110 cm³/mol. The van der Waals surface area contributed by atoms with Crippen LogP contribution < -0.4 is 14.9 Å². The van der Waals surface area contributed by atoms with Crippen molar-refractivity contribution in [1.82, 2.24) is 19.6 Å². The second-order valence-corrected chi connectivity index (χ2v) is 6.35. The van der Waals surface area contributed by atoms with E-state index in [4.69, 9.17) is 9.47 Å². The van der Waals surface area contributed by atoms with Gasteiger partial charge in [0.1, 0.15) is 5.75 Å². The van der Waals surface area contributed by atoms with Gasteiger partial charge < -0.3 is 9.47 Å². The summed E-state index contributed by atoms with van der Waals surface area (Å²) in [5.74, 6) is 0.966. The second-order valence-electron chi connectivity index (χ2n) is 6.35. The summed E-state index contributed by atoms with van der Waals surface area (Å²) in [5, 5.41) is 8.96. The van der Waals surface area contributed by atoms with Gasteiger partial charge in [-0.3, -0.25) is 9.48 Å². The second kappa shape index (κ2) is 8.02. The van der Waals surface area contributed by atoms with Crippen LogP contribution in [0, 0.1) is 0 Å². The zero-order valence-corrected chi connectivity index (χ0v) is 16.1. The molecule has 0 N–H and O–H groups in total. The van der Waals surface area contributed by atoms with Crippen molar-refractivity contribution in [3.8, 4) is 28.6 Å². The van der Waals surface area contributed by atoms with Crippen molar-refractivity contribution in [3.63, 3.8) is 0 Å². The van der Waals surface area contributed by atoms with Crippen LogP contribution in [0.25, 0.3) is 17.1 Å². The Balaban J connectivity index is 1.83. The Morgan fingerprint density at radius 1 is 0.897 bits per heavy atom. The van der Waals surface area contributed by atoms with Gasteiger partial charge in [-0.25, -0.2) is 4.68 Å². The van der Waals surface area contributed by atoms with Crippen molar-refractivity contribution in [3.05, 3.63) is 88.8 Å². The number of hydrogen-bond donors (Lipinski definition) is 0. The first-order valence-corrected chi connectivity index (χ1v) is 9.08. The molecule has 0 saturated heterocycles. The minimum absolute atomic E-state index is 0.214. The summed E-state index contributed by atoms with van der Waals surface area (Å²) in [6.07, 6.45) is 3.25. The van der Waals surface area contributed by atoms with E-state index in [9.17, 15) is 4.79 Å². The fourth-order valence-electron chi connectivity index (χ4n) is 3.17. The Morgan fingerprint density at radius 2 is 1.62 bits per heavy atom. The molecule has 0 spiro atoms. The molecular formula is C22H20N4O3. The van der Waals surface area contributed by atoms with Crippen LogP contribution in [0.4, 0.5) is 0 Å². The number of rotatable bonds is 6. The molecule has 146 valence electrons. The lowest BCUT2D eigenvalue weighted by Gasteiger charge is -2.13. The van der Waals surface area contributed by atoms with Crippen molar-refractivity contribution in [2.24, 2.45) is 0 Å². The van der Waals surface area contributed by atoms with Gasteiger partial charge in [0.25, 0.3) is 5.43 Å². The van der Waals surface area contributed by atoms with Crippen molar-refractivity contribution in [2.75, 3.05) is 14.2 Å². The number of benzene rings is 2. The molecule has 0 aliphatic rings. The van der Waals surface area contributed by atoms with Gasteiger partial charge in [-0.1, -0.05) is 36.4 Å². The first kappa shape index (κ1) is 18.5. The molecule has 0 fully saturated rings. The fourth-order valence-corrected chi connectivity index (χ4v) is 3.17. The monoisotopic (exact) mass is 388 g/mol. The number of hydrogen-bond acceptors (Lipinski definition) is 5. The largest absolute Gasteiger partial charge is 0.496 e. The van der Waals surface area contributed by atoms with E-state index in [1.807, 2.05) is 54.6 Å². The molecule has 0 unspecified atom stereocenters. The molecule has 0 radical (unpaired) electrons. The Bertz CT molecular complexity index is 1180. The first-order valence-electron chi connectivity index (χ1n) is 9.08. The molecule has 0 atom stereocenters. The molecule has 0 aliphatic carbocycles. The average molecular weight is 388 g/mol. The van der Waals surface area contributed by atoms with Crippen LogP contribution in [-0.2, 0) is 6.54 Å².